The van der Waals surface area contributed by atoms with E-state index in [-0.39, 0.29) is 12.0 Å². The second-order valence-corrected chi connectivity index (χ2v) is 3.06. The smallest absolute Gasteiger partial charge is 0.211 e. The summed E-state index contributed by atoms with van der Waals surface area (Å²) in [6, 6.07) is 0.00866. The monoisotopic (exact) mass is 182 g/mol. The lowest BCUT2D eigenvalue weighted by Gasteiger charge is -2.11. The first kappa shape index (κ1) is 11.8. The summed E-state index contributed by atoms with van der Waals surface area (Å²) in [5.74, 6) is 0.253. The Morgan fingerprint density at radius 3 is 2.46 bits per heavy atom. The Balaban J connectivity index is 3.92. The van der Waals surface area contributed by atoms with Gasteiger partial charge in [-0.05, 0) is 18.8 Å². The topological polar surface area (TPSA) is 58.9 Å². The molecule has 13 heavy (non-hydrogen) atoms. The molecule has 0 spiro atoms. The van der Waals surface area contributed by atoms with Gasteiger partial charge in [-0.3, -0.25) is 0 Å². The van der Waals surface area contributed by atoms with Crippen molar-refractivity contribution in [3.05, 3.63) is 0 Å². The summed E-state index contributed by atoms with van der Waals surface area (Å²) in [5.41, 5.74) is 0. The van der Waals surface area contributed by atoms with E-state index in [4.69, 9.17) is 0 Å². The Labute approximate surface area is 77.8 Å². The molecule has 0 aromatic rings. The van der Waals surface area contributed by atoms with E-state index >= 15 is 0 Å². The molecule has 0 saturated carbocycles. The minimum atomic E-state index is 0.00866. The van der Waals surface area contributed by atoms with Gasteiger partial charge in [0.1, 0.15) is 0 Å². The van der Waals surface area contributed by atoms with Gasteiger partial charge in [0.05, 0.1) is 12.6 Å². The number of rotatable bonds is 6. The molecule has 0 heterocycles. The van der Waals surface area contributed by atoms with Crippen LogP contribution in [0, 0.1) is 5.92 Å². The molecule has 2 unspecified atom stereocenters. The van der Waals surface area contributed by atoms with E-state index in [1.807, 2.05) is 13.8 Å². The normalized spacial score (nSPS) is 13.7. The molecule has 0 aliphatic rings. The summed E-state index contributed by atoms with van der Waals surface area (Å²) < 4.78 is 0. The fourth-order valence-corrected chi connectivity index (χ4v) is 1.12. The van der Waals surface area contributed by atoms with E-state index in [9.17, 15) is 9.59 Å². The zero-order valence-corrected chi connectivity index (χ0v) is 7.99. The predicted octanol–water partition coefficient (Wildman–Crippen LogP) is 1.46. The molecule has 4 heteroatoms. The Kier molecular flexibility index (Phi) is 6.70. The Hall–Kier alpha value is -1.24. The van der Waals surface area contributed by atoms with Crippen molar-refractivity contribution in [1.82, 2.24) is 0 Å². The van der Waals surface area contributed by atoms with Gasteiger partial charge in [-0.2, -0.15) is 0 Å². The highest BCUT2D eigenvalue weighted by atomic mass is 16.1. The van der Waals surface area contributed by atoms with Gasteiger partial charge in [-0.1, -0.05) is 13.8 Å². The summed E-state index contributed by atoms with van der Waals surface area (Å²) >= 11 is 0. The van der Waals surface area contributed by atoms with Crippen LogP contribution in [0.4, 0.5) is 0 Å². The van der Waals surface area contributed by atoms with Crippen molar-refractivity contribution in [1.29, 1.82) is 0 Å². The van der Waals surface area contributed by atoms with E-state index in [0.717, 1.165) is 12.8 Å². The first-order chi connectivity index (χ1) is 6.24. The second-order valence-electron chi connectivity index (χ2n) is 3.06. The molecule has 0 radical (unpaired) electrons. The number of nitrogens with zero attached hydrogens (tertiary/aromatic N) is 2. The van der Waals surface area contributed by atoms with E-state index in [1.54, 1.807) is 6.08 Å². The van der Waals surface area contributed by atoms with Crippen molar-refractivity contribution >= 4 is 12.2 Å². The number of aliphatic imine (C=N–C) groups is 2. The third-order valence-electron chi connectivity index (χ3n) is 1.85. The largest absolute Gasteiger partial charge is 0.235 e. The molecule has 0 N–H and O–H groups in total. The van der Waals surface area contributed by atoms with Crippen LogP contribution in [0.5, 0.6) is 0 Å². The van der Waals surface area contributed by atoms with Crippen molar-refractivity contribution in [2.45, 2.75) is 32.7 Å². The Morgan fingerprint density at radius 2 is 2.00 bits per heavy atom. The van der Waals surface area contributed by atoms with Crippen LogP contribution in [0.2, 0.25) is 0 Å². The highest BCUT2D eigenvalue weighted by Crippen LogP contribution is 2.11. The number of hydrogen-bond donors (Lipinski definition) is 0. The second kappa shape index (κ2) is 7.41. The van der Waals surface area contributed by atoms with Crippen molar-refractivity contribution in [2.24, 2.45) is 15.9 Å². The molecule has 0 fully saturated rings. The third kappa shape index (κ3) is 5.97. The van der Waals surface area contributed by atoms with Crippen molar-refractivity contribution in [3.8, 4) is 0 Å². The average Bonchev–Trinajstić information content (AvgIpc) is 2.14. The van der Waals surface area contributed by atoms with Crippen molar-refractivity contribution in [3.63, 3.8) is 0 Å². The maximum absolute atomic E-state index is 9.99. The van der Waals surface area contributed by atoms with Crippen LogP contribution < -0.4 is 0 Å². The lowest BCUT2D eigenvalue weighted by Crippen LogP contribution is -2.10. The number of carbonyl (C=O) groups excluding carboxylic acids is 2. The quantitative estimate of drug-likeness (QED) is 0.461. The van der Waals surface area contributed by atoms with Crippen molar-refractivity contribution in [2.75, 3.05) is 6.54 Å². The summed E-state index contributed by atoms with van der Waals surface area (Å²) in [5, 5.41) is 0. The van der Waals surface area contributed by atoms with Gasteiger partial charge in [0.15, 0.2) is 0 Å². The van der Waals surface area contributed by atoms with Crippen LogP contribution in [0.1, 0.15) is 26.7 Å². The molecular weight excluding hydrogens is 168 g/mol. The van der Waals surface area contributed by atoms with Gasteiger partial charge in [-0.25, -0.2) is 19.6 Å². The Morgan fingerprint density at radius 1 is 1.31 bits per heavy atom. The molecule has 0 aliphatic heterocycles. The molecule has 0 aliphatic carbocycles. The molecule has 0 aromatic heterocycles. The molecule has 0 aromatic carbocycles. The molecule has 0 amide bonds. The first-order valence-electron chi connectivity index (χ1n) is 4.35. The zero-order valence-electron chi connectivity index (χ0n) is 7.99. The standard InChI is InChI=1S/C9H14N2O2/c1-3-9(11-7-13)4-8(2)5-10-6-12/h8-9H,3-5H2,1-2H3. The van der Waals surface area contributed by atoms with E-state index in [1.165, 1.54) is 6.08 Å². The molecule has 72 valence electrons. The van der Waals surface area contributed by atoms with Gasteiger partial charge < -0.3 is 0 Å². The minimum Gasteiger partial charge on any atom is -0.211 e. The SMILES string of the molecule is CCC(CC(C)CN=C=O)N=C=O. The summed E-state index contributed by atoms with van der Waals surface area (Å²) in [4.78, 5) is 26.9. The molecule has 0 rings (SSSR count). The van der Waals surface area contributed by atoms with E-state index in [2.05, 4.69) is 9.98 Å². The summed E-state index contributed by atoms with van der Waals surface area (Å²) in [6.07, 6.45) is 4.61. The van der Waals surface area contributed by atoms with Crippen LogP contribution in [0.15, 0.2) is 9.98 Å². The molecule has 4 nitrogen and oxygen atoms in total. The lowest BCUT2D eigenvalue weighted by molar-refractivity contribution is 0.459. The summed E-state index contributed by atoms with van der Waals surface area (Å²) in [7, 11) is 0. The Bertz CT molecular complexity index is 228. The maximum Gasteiger partial charge on any atom is 0.235 e. The fourth-order valence-electron chi connectivity index (χ4n) is 1.12. The molecule has 0 saturated heterocycles. The number of hydrogen-bond acceptors (Lipinski definition) is 4. The van der Waals surface area contributed by atoms with Gasteiger partial charge in [0.25, 0.3) is 0 Å². The molecular formula is C9H14N2O2. The highest BCUT2D eigenvalue weighted by Gasteiger charge is 2.09. The predicted molar refractivity (Wildman–Crippen MR) is 49.0 cm³/mol. The number of isocyanates is 2. The van der Waals surface area contributed by atoms with E-state index in [0.29, 0.717) is 6.54 Å². The molecule has 0 bridgehead atoms. The lowest BCUT2D eigenvalue weighted by atomic mass is 10.0. The van der Waals surface area contributed by atoms with Gasteiger partial charge in [0.2, 0.25) is 12.2 Å². The summed E-state index contributed by atoms with van der Waals surface area (Å²) in [6.45, 7) is 4.37. The van der Waals surface area contributed by atoms with Gasteiger partial charge in [-0.15, -0.1) is 0 Å². The maximum atomic E-state index is 9.99. The fraction of sp³-hybridized carbons (Fsp3) is 0.778. The van der Waals surface area contributed by atoms with Crippen LogP contribution in [0.25, 0.3) is 0 Å². The van der Waals surface area contributed by atoms with Crippen LogP contribution in [-0.2, 0) is 9.59 Å². The van der Waals surface area contributed by atoms with Gasteiger partial charge >= 0.3 is 0 Å². The van der Waals surface area contributed by atoms with Crippen LogP contribution in [-0.4, -0.2) is 24.7 Å². The highest BCUT2D eigenvalue weighted by molar-refractivity contribution is 5.33. The van der Waals surface area contributed by atoms with E-state index < -0.39 is 0 Å². The first-order valence-corrected chi connectivity index (χ1v) is 4.35. The molecule has 2 atom stereocenters. The third-order valence-corrected chi connectivity index (χ3v) is 1.85. The minimum absolute atomic E-state index is 0.00866. The average molecular weight is 182 g/mol. The zero-order chi connectivity index (χ0) is 10.1. The van der Waals surface area contributed by atoms with Crippen LogP contribution >= 0.6 is 0 Å². The van der Waals surface area contributed by atoms with Crippen LogP contribution in [0.3, 0.4) is 0 Å². The van der Waals surface area contributed by atoms with Crippen molar-refractivity contribution < 1.29 is 9.59 Å². The van der Waals surface area contributed by atoms with Gasteiger partial charge in [0, 0.05) is 0 Å².